The van der Waals surface area contributed by atoms with Crippen molar-refractivity contribution in [1.82, 2.24) is 4.90 Å². The molecule has 0 spiro atoms. The van der Waals surface area contributed by atoms with Gasteiger partial charge in [-0.25, -0.2) is 0 Å². The number of amides is 1. The van der Waals surface area contributed by atoms with Gasteiger partial charge in [-0.3, -0.25) is 4.79 Å². The van der Waals surface area contributed by atoms with E-state index in [1.54, 1.807) is 11.9 Å². The fourth-order valence-electron chi connectivity index (χ4n) is 1.50. The first kappa shape index (κ1) is 13.3. The number of benzene rings is 1. The van der Waals surface area contributed by atoms with Crippen molar-refractivity contribution < 1.29 is 4.79 Å². The second-order valence-electron chi connectivity index (χ2n) is 3.80. The van der Waals surface area contributed by atoms with Crippen LogP contribution in [0.1, 0.15) is 28.4 Å². The fraction of sp³-hybridized carbons (Fsp3) is 0.357. The normalized spacial score (nSPS) is 9.41. The maximum absolute atomic E-state index is 12.1. The number of carbonyl (C=O) groups excluding carboxylic acids is 1. The monoisotopic (exact) mass is 230 g/mol. The first-order valence-corrected chi connectivity index (χ1v) is 5.65. The zero-order chi connectivity index (χ0) is 12.8. The van der Waals surface area contributed by atoms with Gasteiger partial charge in [0.25, 0.3) is 5.91 Å². The maximum atomic E-state index is 12.1. The van der Waals surface area contributed by atoms with Gasteiger partial charge in [0.15, 0.2) is 0 Å². The van der Waals surface area contributed by atoms with Crippen molar-refractivity contribution in [1.29, 1.82) is 0 Å². The Morgan fingerprint density at radius 3 is 2.76 bits per heavy atom. The third kappa shape index (κ3) is 3.08. The summed E-state index contributed by atoms with van der Waals surface area (Å²) < 4.78 is 0. The predicted octanol–water partition coefficient (Wildman–Crippen LogP) is 1.40. The molecule has 1 aromatic rings. The molecular weight excluding hydrogens is 212 g/mol. The minimum absolute atomic E-state index is 0.0291. The van der Waals surface area contributed by atoms with E-state index >= 15 is 0 Å². The van der Waals surface area contributed by atoms with Crippen molar-refractivity contribution in [2.75, 3.05) is 20.1 Å². The van der Waals surface area contributed by atoms with E-state index in [1.807, 2.05) is 32.0 Å². The molecule has 1 amide bonds. The Balaban J connectivity index is 3.14. The summed E-state index contributed by atoms with van der Waals surface area (Å²) in [5, 5.41) is 0. The summed E-state index contributed by atoms with van der Waals surface area (Å²) in [4.78, 5) is 13.8. The van der Waals surface area contributed by atoms with Crippen LogP contribution in [0.5, 0.6) is 0 Å². The minimum Gasteiger partial charge on any atom is -0.342 e. The van der Waals surface area contributed by atoms with Gasteiger partial charge in [0.2, 0.25) is 0 Å². The lowest BCUT2D eigenvalue weighted by molar-refractivity contribution is 0.0801. The van der Waals surface area contributed by atoms with Crippen LogP contribution in [-0.4, -0.2) is 30.9 Å². The quantitative estimate of drug-likeness (QED) is 0.781. The van der Waals surface area contributed by atoms with Crippen LogP contribution in [0.15, 0.2) is 18.2 Å². The van der Waals surface area contributed by atoms with Crippen LogP contribution >= 0.6 is 0 Å². The van der Waals surface area contributed by atoms with Crippen molar-refractivity contribution >= 4 is 5.91 Å². The number of hydrogen-bond acceptors (Lipinski definition) is 2. The highest BCUT2D eigenvalue weighted by Crippen LogP contribution is 2.14. The van der Waals surface area contributed by atoms with E-state index < -0.39 is 0 Å². The molecule has 0 aromatic heterocycles. The van der Waals surface area contributed by atoms with Gasteiger partial charge >= 0.3 is 0 Å². The molecular formula is C14H18N2O. The first-order valence-electron chi connectivity index (χ1n) is 5.65. The lowest BCUT2D eigenvalue weighted by Gasteiger charge is -2.16. The van der Waals surface area contributed by atoms with E-state index in [2.05, 4.69) is 11.8 Å². The highest BCUT2D eigenvalue weighted by molar-refractivity contribution is 5.96. The van der Waals surface area contributed by atoms with Gasteiger partial charge in [-0.15, -0.1) is 0 Å². The highest BCUT2D eigenvalue weighted by Gasteiger charge is 2.13. The molecule has 0 fully saturated rings. The van der Waals surface area contributed by atoms with Crippen molar-refractivity contribution in [2.24, 2.45) is 5.73 Å². The minimum atomic E-state index is 0.0291. The Bertz CT molecular complexity index is 469. The Morgan fingerprint density at radius 2 is 2.18 bits per heavy atom. The summed E-state index contributed by atoms with van der Waals surface area (Å²) in [7, 11) is 1.79. The zero-order valence-electron chi connectivity index (χ0n) is 10.6. The summed E-state index contributed by atoms with van der Waals surface area (Å²) in [5.41, 5.74) is 7.83. The van der Waals surface area contributed by atoms with Crippen LogP contribution in [0.3, 0.4) is 0 Å². The molecule has 0 saturated heterocycles. The van der Waals surface area contributed by atoms with Crippen molar-refractivity contribution in [3.63, 3.8) is 0 Å². The van der Waals surface area contributed by atoms with Gasteiger partial charge in [-0.1, -0.05) is 17.9 Å². The first-order chi connectivity index (χ1) is 8.11. The number of nitrogens with zero attached hydrogens (tertiary/aromatic N) is 1. The smallest absolute Gasteiger partial charge is 0.253 e. The Labute approximate surface area is 103 Å². The molecule has 17 heavy (non-hydrogen) atoms. The van der Waals surface area contributed by atoms with E-state index in [9.17, 15) is 4.79 Å². The number of hydrogen-bond donors (Lipinski definition) is 1. The Hall–Kier alpha value is -1.79. The molecule has 3 heteroatoms. The summed E-state index contributed by atoms with van der Waals surface area (Å²) in [5.74, 6) is 5.82. The lowest BCUT2D eigenvalue weighted by atomic mass is 10.0. The summed E-state index contributed by atoms with van der Waals surface area (Å²) in [6.45, 7) is 4.88. The number of carbonyl (C=O) groups is 1. The SMILES string of the molecule is CCN(C)C(=O)c1cccc(C#CCN)c1C. The molecule has 0 aliphatic rings. The van der Waals surface area contributed by atoms with E-state index in [4.69, 9.17) is 5.73 Å². The van der Waals surface area contributed by atoms with Gasteiger partial charge in [0.1, 0.15) is 0 Å². The van der Waals surface area contributed by atoms with Crippen LogP contribution < -0.4 is 5.73 Å². The predicted molar refractivity (Wildman–Crippen MR) is 69.7 cm³/mol. The van der Waals surface area contributed by atoms with E-state index in [0.29, 0.717) is 18.7 Å². The van der Waals surface area contributed by atoms with E-state index in [0.717, 1.165) is 11.1 Å². The van der Waals surface area contributed by atoms with Gasteiger partial charge in [0.05, 0.1) is 6.54 Å². The van der Waals surface area contributed by atoms with Crippen molar-refractivity contribution in [3.05, 3.63) is 34.9 Å². The fourth-order valence-corrected chi connectivity index (χ4v) is 1.50. The van der Waals surface area contributed by atoms with Gasteiger partial charge < -0.3 is 10.6 Å². The van der Waals surface area contributed by atoms with Crippen LogP contribution in [0.4, 0.5) is 0 Å². The van der Waals surface area contributed by atoms with E-state index in [-0.39, 0.29) is 5.91 Å². The standard InChI is InChI=1S/C14H18N2O/c1-4-16(3)14(17)13-9-5-7-12(11(13)2)8-6-10-15/h5,7,9H,4,10,15H2,1-3H3. The van der Waals surface area contributed by atoms with Crippen LogP contribution in [0.25, 0.3) is 0 Å². The molecule has 0 heterocycles. The molecule has 0 unspecified atom stereocenters. The number of nitrogens with two attached hydrogens (primary N) is 1. The molecule has 2 N–H and O–H groups in total. The molecule has 0 aliphatic heterocycles. The average molecular weight is 230 g/mol. The van der Waals surface area contributed by atoms with E-state index in [1.165, 1.54) is 0 Å². The van der Waals surface area contributed by atoms with Crippen molar-refractivity contribution in [2.45, 2.75) is 13.8 Å². The van der Waals surface area contributed by atoms with Crippen LogP contribution in [-0.2, 0) is 0 Å². The third-order valence-electron chi connectivity index (χ3n) is 2.71. The second-order valence-corrected chi connectivity index (χ2v) is 3.80. The molecule has 3 nitrogen and oxygen atoms in total. The molecule has 0 aliphatic carbocycles. The summed E-state index contributed by atoms with van der Waals surface area (Å²) in [6.07, 6.45) is 0. The molecule has 90 valence electrons. The molecule has 0 bridgehead atoms. The van der Waals surface area contributed by atoms with Crippen LogP contribution in [0.2, 0.25) is 0 Å². The maximum Gasteiger partial charge on any atom is 0.253 e. The molecule has 0 radical (unpaired) electrons. The third-order valence-corrected chi connectivity index (χ3v) is 2.71. The lowest BCUT2D eigenvalue weighted by Crippen LogP contribution is -2.27. The Morgan fingerprint density at radius 1 is 1.47 bits per heavy atom. The number of rotatable bonds is 2. The van der Waals surface area contributed by atoms with Gasteiger partial charge in [-0.2, -0.15) is 0 Å². The molecule has 1 rings (SSSR count). The van der Waals surface area contributed by atoms with Gasteiger partial charge in [-0.05, 0) is 31.5 Å². The summed E-state index contributed by atoms with van der Waals surface area (Å²) >= 11 is 0. The second kappa shape index (κ2) is 6.07. The zero-order valence-corrected chi connectivity index (χ0v) is 10.6. The largest absolute Gasteiger partial charge is 0.342 e. The molecule has 1 aromatic carbocycles. The Kier molecular flexibility index (Phi) is 4.74. The van der Waals surface area contributed by atoms with Gasteiger partial charge in [0, 0.05) is 24.7 Å². The topological polar surface area (TPSA) is 46.3 Å². The van der Waals surface area contributed by atoms with Crippen molar-refractivity contribution in [3.8, 4) is 11.8 Å². The molecule has 0 saturated carbocycles. The van der Waals surface area contributed by atoms with Crippen LogP contribution in [0, 0.1) is 18.8 Å². The summed E-state index contributed by atoms with van der Waals surface area (Å²) in [6, 6.07) is 5.59. The highest BCUT2D eigenvalue weighted by atomic mass is 16.2. The molecule has 0 atom stereocenters. The average Bonchev–Trinajstić information content (AvgIpc) is 2.35.